The second kappa shape index (κ2) is 8.46. The summed E-state index contributed by atoms with van der Waals surface area (Å²) in [5.74, 6) is -1.51. The Labute approximate surface area is 160 Å². The Hall–Kier alpha value is -2.19. The minimum absolute atomic E-state index is 0.0815. The molecule has 0 heterocycles. The van der Waals surface area contributed by atoms with Gasteiger partial charge in [-0.3, -0.25) is 4.79 Å². The van der Waals surface area contributed by atoms with Gasteiger partial charge in [-0.25, -0.2) is 13.2 Å². The summed E-state index contributed by atoms with van der Waals surface area (Å²) in [7, 11) is -3.58. The van der Waals surface area contributed by atoms with Gasteiger partial charge in [-0.05, 0) is 42.8 Å². The quantitative estimate of drug-likeness (QED) is 0.696. The third-order valence-corrected chi connectivity index (χ3v) is 5.90. The van der Waals surface area contributed by atoms with Crippen molar-refractivity contribution in [2.45, 2.75) is 18.7 Å². The van der Waals surface area contributed by atoms with Gasteiger partial charge in [0, 0.05) is 10.2 Å². The van der Waals surface area contributed by atoms with Crippen LogP contribution in [-0.2, 0) is 19.4 Å². The lowest BCUT2D eigenvalue weighted by molar-refractivity contribution is -0.119. The third kappa shape index (κ3) is 4.92. The number of hydrogen-bond acceptors (Lipinski definition) is 5. The maximum absolute atomic E-state index is 12.2. The van der Waals surface area contributed by atoms with E-state index in [4.69, 9.17) is 4.74 Å². The van der Waals surface area contributed by atoms with Gasteiger partial charge in [-0.1, -0.05) is 35.0 Å². The van der Waals surface area contributed by atoms with Gasteiger partial charge in [0.15, 0.2) is 16.4 Å². The maximum atomic E-state index is 12.2. The highest BCUT2D eigenvalue weighted by Gasteiger charge is 2.22. The molecule has 0 aliphatic carbocycles. The molecule has 26 heavy (non-hydrogen) atoms. The molecule has 2 aromatic rings. The molecule has 1 N–H and O–H groups in total. The smallest absolute Gasteiger partial charge is 0.339 e. The number of carbonyl (C=O) groups excluding carboxylic acids is 2. The Morgan fingerprint density at radius 2 is 1.85 bits per heavy atom. The lowest BCUT2D eigenvalue weighted by Gasteiger charge is -2.11. The van der Waals surface area contributed by atoms with E-state index in [1.165, 1.54) is 31.2 Å². The standard InChI is InChI=1S/C18H18BrNO5S/c1-3-26(23,24)16-7-5-4-6-14(16)18(22)25-11-17(21)20-15-9-8-13(19)10-12(15)2/h4-10H,3,11H2,1-2H3,(H,20,21). The fourth-order valence-electron chi connectivity index (χ4n) is 2.22. The van der Waals surface area contributed by atoms with Gasteiger partial charge in [0.25, 0.3) is 5.91 Å². The molecule has 0 bridgehead atoms. The van der Waals surface area contributed by atoms with Gasteiger partial charge in [-0.2, -0.15) is 0 Å². The van der Waals surface area contributed by atoms with E-state index in [-0.39, 0.29) is 16.2 Å². The van der Waals surface area contributed by atoms with Gasteiger partial charge >= 0.3 is 5.97 Å². The Kier molecular flexibility index (Phi) is 6.55. The third-order valence-electron chi connectivity index (χ3n) is 3.62. The minimum Gasteiger partial charge on any atom is -0.452 e. The van der Waals surface area contributed by atoms with Gasteiger partial charge in [0.2, 0.25) is 0 Å². The van der Waals surface area contributed by atoms with Crippen LogP contribution < -0.4 is 5.32 Å². The van der Waals surface area contributed by atoms with Crippen molar-refractivity contribution >= 4 is 43.3 Å². The summed E-state index contributed by atoms with van der Waals surface area (Å²) in [4.78, 5) is 24.1. The molecule has 0 aromatic heterocycles. The van der Waals surface area contributed by atoms with Crippen molar-refractivity contribution in [3.63, 3.8) is 0 Å². The second-order valence-corrected chi connectivity index (χ2v) is 8.65. The number of esters is 1. The van der Waals surface area contributed by atoms with Crippen molar-refractivity contribution in [3.8, 4) is 0 Å². The molecular formula is C18H18BrNO5S. The number of sulfone groups is 1. The van der Waals surface area contributed by atoms with Crippen molar-refractivity contribution in [1.29, 1.82) is 0 Å². The zero-order chi connectivity index (χ0) is 19.3. The Bertz CT molecular complexity index is 940. The first-order valence-electron chi connectivity index (χ1n) is 7.79. The van der Waals surface area contributed by atoms with Gasteiger partial charge in [0.1, 0.15) is 0 Å². The number of anilines is 1. The summed E-state index contributed by atoms with van der Waals surface area (Å²) in [6.45, 7) is 2.80. The highest BCUT2D eigenvalue weighted by atomic mass is 79.9. The molecule has 0 fully saturated rings. The summed E-state index contributed by atoms with van der Waals surface area (Å²) in [5.41, 5.74) is 1.36. The van der Waals surface area contributed by atoms with Crippen LogP contribution >= 0.6 is 15.9 Å². The molecule has 0 saturated heterocycles. The predicted octanol–water partition coefficient (Wildman–Crippen LogP) is 3.35. The van der Waals surface area contributed by atoms with E-state index in [0.717, 1.165) is 10.0 Å². The summed E-state index contributed by atoms with van der Waals surface area (Å²) in [6.07, 6.45) is 0. The SMILES string of the molecule is CCS(=O)(=O)c1ccccc1C(=O)OCC(=O)Nc1ccc(Br)cc1C. The van der Waals surface area contributed by atoms with Crippen LogP contribution in [0.3, 0.4) is 0 Å². The molecule has 138 valence electrons. The maximum Gasteiger partial charge on any atom is 0.339 e. The molecule has 0 saturated carbocycles. The molecule has 8 heteroatoms. The predicted molar refractivity (Wildman–Crippen MR) is 102 cm³/mol. The van der Waals surface area contributed by atoms with E-state index in [1.807, 2.05) is 13.0 Å². The Morgan fingerprint density at radius 3 is 2.50 bits per heavy atom. The topological polar surface area (TPSA) is 89.5 Å². The number of ether oxygens (including phenoxy) is 1. The molecule has 6 nitrogen and oxygen atoms in total. The zero-order valence-electron chi connectivity index (χ0n) is 14.3. The summed E-state index contributed by atoms with van der Waals surface area (Å²) in [5, 5.41) is 2.65. The molecule has 0 aliphatic rings. The number of rotatable bonds is 6. The monoisotopic (exact) mass is 439 g/mol. The fraction of sp³-hybridized carbons (Fsp3) is 0.222. The summed E-state index contributed by atoms with van der Waals surface area (Å²) < 4.78 is 30.0. The van der Waals surface area contributed by atoms with Crippen LogP contribution in [0, 0.1) is 6.92 Å². The van der Waals surface area contributed by atoms with Crippen molar-refractivity contribution in [2.24, 2.45) is 0 Å². The number of carbonyl (C=O) groups is 2. The number of benzene rings is 2. The van der Waals surface area contributed by atoms with Crippen LogP contribution in [-0.4, -0.2) is 32.7 Å². The van der Waals surface area contributed by atoms with Crippen LogP contribution in [0.2, 0.25) is 0 Å². The molecule has 0 atom stereocenters. The summed E-state index contributed by atoms with van der Waals surface area (Å²) in [6, 6.07) is 11.1. The van der Waals surface area contributed by atoms with E-state index in [1.54, 1.807) is 12.1 Å². The Balaban J connectivity index is 2.06. The lowest BCUT2D eigenvalue weighted by atomic mass is 10.2. The number of hydrogen-bond donors (Lipinski definition) is 1. The average Bonchev–Trinajstić information content (AvgIpc) is 2.62. The van der Waals surface area contributed by atoms with Crippen molar-refractivity contribution in [3.05, 3.63) is 58.1 Å². The first kappa shape index (κ1) is 20.1. The van der Waals surface area contributed by atoms with E-state index in [0.29, 0.717) is 5.69 Å². The largest absolute Gasteiger partial charge is 0.452 e. The van der Waals surface area contributed by atoms with Crippen LogP contribution in [0.1, 0.15) is 22.8 Å². The highest BCUT2D eigenvalue weighted by Crippen LogP contribution is 2.20. The summed E-state index contributed by atoms with van der Waals surface area (Å²) >= 11 is 3.34. The van der Waals surface area contributed by atoms with Gasteiger partial charge in [-0.15, -0.1) is 0 Å². The van der Waals surface area contributed by atoms with Gasteiger partial charge in [0.05, 0.1) is 16.2 Å². The fourth-order valence-corrected chi connectivity index (χ4v) is 3.78. The van der Waals surface area contributed by atoms with Crippen LogP contribution in [0.25, 0.3) is 0 Å². The van der Waals surface area contributed by atoms with E-state index >= 15 is 0 Å². The molecule has 0 radical (unpaired) electrons. The molecule has 0 unspecified atom stereocenters. The van der Waals surface area contributed by atoms with Crippen LogP contribution in [0.5, 0.6) is 0 Å². The molecule has 0 spiro atoms. The first-order valence-corrected chi connectivity index (χ1v) is 10.2. The number of aryl methyl sites for hydroxylation is 1. The average molecular weight is 440 g/mol. The molecule has 0 aliphatic heterocycles. The van der Waals surface area contributed by atoms with Crippen LogP contribution in [0.4, 0.5) is 5.69 Å². The molecular weight excluding hydrogens is 422 g/mol. The molecule has 1 amide bonds. The van der Waals surface area contributed by atoms with Crippen molar-refractivity contribution in [1.82, 2.24) is 0 Å². The second-order valence-electron chi connectivity index (χ2n) is 5.48. The van der Waals surface area contributed by atoms with Gasteiger partial charge < -0.3 is 10.1 Å². The number of amides is 1. The molecule has 2 aromatic carbocycles. The van der Waals surface area contributed by atoms with Crippen molar-refractivity contribution in [2.75, 3.05) is 17.7 Å². The van der Waals surface area contributed by atoms with E-state index in [9.17, 15) is 18.0 Å². The number of nitrogens with one attached hydrogen (secondary N) is 1. The Morgan fingerprint density at radius 1 is 1.15 bits per heavy atom. The lowest BCUT2D eigenvalue weighted by Crippen LogP contribution is -2.22. The highest BCUT2D eigenvalue weighted by molar-refractivity contribution is 9.10. The normalized spacial score (nSPS) is 11.0. The minimum atomic E-state index is -3.58. The van der Waals surface area contributed by atoms with Crippen molar-refractivity contribution < 1.29 is 22.7 Å². The van der Waals surface area contributed by atoms with E-state index in [2.05, 4.69) is 21.2 Å². The first-order chi connectivity index (χ1) is 12.2. The zero-order valence-corrected chi connectivity index (χ0v) is 16.7. The van der Waals surface area contributed by atoms with E-state index < -0.39 is 28.3 Å². The number of halogens is 1. The molecule has 2 rings (SSSR count). The van der Waals surface area contributed by atoms with Crippen LogP contribution in [0.15, 0.2) is 51.8 Å².